The molecule has 0 aromatic heterocycles. The number of rotatable bonds is 10. The summed E-state index contributed by atoms with van der Waals surface area (Å²) in [6.45, 7) is 10.8. The average molecular weight is 362 g/mol. The number of unbranched alkanes of at least 4 members (excludes halogenated alkanes) is 1. The minimum absolute atomic E-state index is 0.0165. The Bertz CT molecular complexity index is 501. The fourth-order valence-corrected chi connectivity index (χ4v) is 3.35. The Morgan fingerprint density at radius 1 is 1.08 bits per heavy atom. The van der Waals surface area contributed by atoms with Crippen molar-refractivity contribution in [1.29, 1.82) is 0 Å². The van der Waals surface area contributed by atoms with Gasteiger partial charge in [-0.1, -0.05) is 6.92 Å². The molecule has 0 amide bonds. The van der Waals surface area contributed by atoms with Gasteiger partial charge in [0.2, 0.25) is 0 Å². The maximum Gasteiger partial charge on any atom is 0.264 e. The molecule has 0 atom stereocenters. The smallest absolute Gasteiger partial charge is 0.264 e. The minimum atomic E-state index is -3.42. The fourth-order valence-electron chi connectivity index (χ4n) is 3.02. The highest BCUT2D eigenvalue weighted by Crippen LogP contribution is 2.13. The lowest BCUT2D eigenvalue weighted by atomic mass is 10.2. The summed E-state index contributed by atoms with van der Waals surface area (Å²) in [4.78, 5) is 7.16. The summed E-state index contributed by atoms with van der Waals surface area (Å²) in [5.74, 6) is 0.576. The van der Waals surface area contributed by atoms with Gasteiger partial charge in [0, 0.05) is 38.9 Å². The van der Waals surface area contributed by atoms with E-state index in [-0.39, 0.29) is 6.61 Å². The molecule has 1 fully saturated rings. The van der Waals surface area contributed by atoms with Gasteiger partial charge < -0.3 is 19.4 Å². The van der Waals surface area contributed by atoms with E-state index in [0.717, 1.165) is 25.8 Å². The third-order valence-corrected chi connectivity index (χ3v) is 4.88. The molecule has 0 saturated carbocycles. The summed E-state index contributed by atoms with van der Waals surface area (Å²) in [6, 6.07) is 0. The Morgan fingerprint density at radius 3 is 2.33 bits per heavy atom. The van der Waals surface area contributed by atoms with Gasteiger partial charge in [0.05, 0.1) is 6.26 Å². The van der Waals surface area contributed by atoms with Gasteiger partial charge in [0.15, 0.2) is 6.73 Å². The third kappa shape index (κ3) is 7.38. The maximum atomic E-state index is 11.0. The highest BCUT2D eigenvalue weighted by molar-refractivity contribution is 7.85. The van der Waals surface area contributed by atoms with Gasteiger partial charge in [0.1, 0.15) is 12.4 Å². The van der Waals surface area contributed by atoms with Gasteiger partial charge >= 0.3 is 0 Å². The lowest BCUT2D eigenvalue weighted by Gasteiger charge is -2.34. The molecule has 2 heterocycles. The van der Waals surface area contributed by atoms with Crippen LogP contribution in [-0.4, -0.2) is 88.5 Å². The zero-order chi connectivity index (χ0) is 17.4. The largest absolute Gasteiger partial charge is 0.473 e. The number of hydrogen-bond acceptors (Lipinski definition) is 7. The molecule has 0 aliphatic carbocycles. The molecule has 0 aromatic rings. The predicted octanol–water partition coefficient (Wildman–Crippen LogP) is 0.902. The SMILES string of the molecule is CCCN1CCN(CCCCN2C=C(COS(C)(=O)=O)OC2)CC1. The molecule has 0 bridgehead atoms. The Balaban J connectivity index is 1.54. The van der Waals surface area contributed by atoms with Crippen molar-refractivity contribution < 1.29 is 17.3 Å². The van der Waals surface area contributed by atoms with Crippen molar-refractivity contribution in [3.63, 3.8) is 0 Å². The molecular formula is C16H31N3O4S. The standard InChI is InChI=1S/C16H31N3O4S/c1-3-6-17-9-11-18(12-10-17)7-4-5-8-19-13-16(22-15-19)14-23-24(2,20)21/h13H,3-12,14-15H2,1-2H3. The summed E-state index contributed by atoms with van der Waals surface area (Å²) < 4.78 is 32.1. The van der Waals surface area contributed by atoms with Crippen LogP contribution < -0.4 is 0 Å². The van der Waals surface area contributed by atoms with Crippen LogP contribution in [0.5, 0.6) is 0 Å². The minimum Gasteiger partial charge on any atom is -0.473 e. The van der Waals surface area contributed by atoms with Gasteiger partial charge in [-0.05, 0) is 32.4 Å². The van der Waals surface area contributed by atoms with E-state index < -0.39 is 10.1 Å². The molecule has 0 N–H and O–H groups in total. The summed E-state index contributed by atoms with van der Waals surface area (Å²) in [6.07, 6.45) is 6.42. The van der Waals surface area contributed by atoms with Crippen LogP contribution in [0.15, 0.2) is 12.0 Å². The first-order valence-electron chi connectivity index (χ1n) is 8.83. The summed E-state index contributed by atoms with van der Waals surface area (Å²) in [5.41, 5.74) is 0. The normalized spacial score (nSPS) is 20.2. The maximum absolute atomic E-state index is 11.0. The zero-order valence-electron chi connectivity index (χ0n) is 14.9. The molecule has 2 aliphatic heterocycles. The van der Waals surface area contributed by atoms with Crippen molar-refractivity contribution in [3.05, 3.63) is 12.0 Å². The van der Waals surface area contributed by atoms with E-state index in [4.69, 9.17) is 8.92 Å². The van der Waals surface area contributed by atoms with Crippen LogP contribution in [0.3, 0.4) is 0 Å². The summed E-state index contributed by atoms with van der Waals surface area (Å²) >= 11 is 0. The van der Waals surface area contributed by atoms with Crippen molar-refractivity contribution >= 4 is 10.1 Å². The van der Waals surface area contributed by atoms with E-state index >= 15 is 0 Å². The summed E-state index contributed by atoms with van der Waals surface area (Å²) in [7, 11) is -3.42. The molecule has 8 heteroatoms. The molecule has 0 unspecified atom stereocenters. The lowest BCUT2D eigenvalue weighted by molar-refractivity contribution is 0.123. The first-order valence-corrected chi connectivity index (χ1v) is 10.6. The van der Waals surface area contributed by atoms with E-state index in [1.165, 1.54) is 45.6 Å². The molecule has 0 spiro atoms. The van der Waals surface area contributed by atoms with Crippen LogP contribution in [0.1, 0.15) is 26.2 Å². The van der Waals surface area contributed by atoms with Gasteiger partial charge in [-0.3, -0.25) is 4.18 Å². The second-order valence-corrected chi connectivity index (χ2v) is 8.18. The van der Waals surface area contributed by atoms with Crippen LogP contribution in [0.4, 0.5) is 0 Å². The van der Waals surface area contributed by atoms with Crippen LogP contribution in [0.25, 0.3) is 0 Å². The number of hydrogen-bond donors (Lipinski definition) is 0. The molecule has 0 radical (unpaired) electrons. The predicted molar refractivity (Wildman–Crippen MR) is 93.9 cm³/mol. The molecule has 2 aliphatic rings. The molecule has 1 saturated heterocycles. The van der Waals surface area contributed by atoms with E-state index in [1.807, 2.05) is 6.20 Å². The third-order valence-electron chi connectivity index (χ3n) is 4.33. The summed E-state index contributed by atoms with van der Waals surface area (Å²) in [5, 5.41) is 0. The Labute approximate surface area is 146 Å². The first kappa shape index (κ1) is 19.5. The Kier molecular flexibility index (Phi) is 7.80. The molecule has 7 nitrogen and oxygen atoms in total. The van der Waals surface area contributed by atoms with Crippen molar-refractivity contribution in [2.75, 3.05) is 65.4 Å². The average Bonchev–Trinajstić information content (AvgIpc) is 2.99. The fraction of sp³-hybridized carbons (Fsp3) is 0.875. The highest BCUT2D eigenvalue weighted by Gasteiger charge is 2.17. The quantitative estimate of drug-likeness (QED) is 0.423. The number of piperazine rings is 1. The number of ether oxygens (including phenoxy) is 1. The monoisotopic (exact) mass is 361 g/mol. The van der Waals surface area contributed by atoms with E-state index in [1.54, 1.807) is 0 Å². The molecule has 0 aromatic carbocycles. The van der Waals surface area contributed by atoms with Gasteiger partial charge in [-0.15, -0.1) is 0 Å². The van der Waals surface area contributed by atoms with Crippen molar-refractivity contribution in [2.24, 2.45) is 0 Å². The second-order valence-electron chi connectivity index (χ2n) is 6.54. The van der Waals surface area contributed by atoms with Gasteiger partial charge in [0.25, 0.3) is 10.1 Å². The van der Waals surface area contributed by atoms with E-state index in [9.17, 15) is 8.42 Å². The van der Waals surface area contributed by atoms with E-state index in [2.05, 4.69) is 21.6 Å². The van der Waals surface area contributed by atoms with Crippen molar-refractivity contribution in [1.82, 2.24) is 14.7 Å². The lowest BCUT2D eigenvalue weighted by Crippen LogP contribution is -2.46. The van der Waals surface area contributed by atoms with Crippen LogP contribution in [0.2, 0.25) is 0 Å². The van der Waals surface area contributed by atoms with Crippen LogP contribution in [-0.2, 0) is 19.0 Å². The van der Waals surface area contributed by atoms with E-state index in [0.29, 0.717) is 12.5 Å². The highest BCUT2D eigenvalue weighted by atomic mass is 32.2. The molecule has 2 rings (SSSR count). The molecule has 140 valence electrons. The van der Waals surface area contributed by atoms with Gasteiger partial charge in [-0.25, -0.2) is 0 Å². The second kappa shape index (κ2) is 9.60. The molecular weight excluding hydrogens is 330 g/mol. The van der Waals surface area contributed by atoms with Crippen LogP contribution in [0, 0.1) is 0 Å². The Morgan fingerprint density at radius 2 is 1.71 bits per heavy atom. The van der Waals surface area contributed by atoms with Crippen molar-refractivity contribution in [3.8, 4) is 0 Å². The van der Waals surface area contributed by atoms with Crippen molar-refractivity contribution in [2.45, 2.75) is 26.2 Å². The number of nitrogens with zero attached hydrogens (tertiary/aromatic N) is 3. The topological polar surface area (TPSA) is 62.3 Å². The van der Waals surface area contributed by atoms with Gasteiger partial charge in [-0.2, -0.15) is 8.42 Å². The molecule has 24 heavy (non-hydrogen) atoms. The zero-order valence-corrected chi connectivity index (χ0v) is 15.8. The first-order chi connectivity index (χ1) is 11.5. The van der Waals surface area contributed by atoms with Crippen LogP contribution >= 0.6 is 0 Å². The Hall–Kier alpha value is -0.830.